The van der Waals surface area contributed by atoms with Crippen LogP contribution in [0.2, 0.25) is 0 Å². The Morgan fingerprint density at radius 2 is 2.00 bits per heavy atom. The van der Waals surface area contributed by atoms with E-state index in [9.17, 15) is 23.4 Å². The summed E-state index contributed by atoms with van der Waals surface area (Å²) in [5, 5.41) is 27.5. The summed E-state index contributed by atoms with van der Waals surface area (Å²) < 4.78 is 39.6. The van der Waals surface area contributed by atoms with Crippen LogP contribution in [0.4, 0.5) is 18.9 Å². The Morgan fingerprint density at radius 3 is 2.47 bits per heavy atom. The fourth-order valence-corrected chi connectivity index (χ4v) is 1.43. The second-order valence-corrected chi connectivity index (χ2v) is 3.71. The van der Waals surface area contributed by atoms with Crippen LogP contribution in [-0.2, 0) is 0 Å². The third-order valence-corrected chi connectivity index (χ3v) is 2.28. The lowest BCUT2D eigenvalue weighted by atomic mass is 10.0. The number of benzene rings is 1. The molecular formula is C11H11F3N2O3. The predicted octanol–water partition coefficient (Wildman–Crippen LogP) is 1.48. The summed E-state index contributed by atoms with van der Waals surface area (Å²) in [5.41, 5.74) is 5.32. The molecule has 0 amide bonds. The van der Waals surface area contributed by atoms with Crippen molar-refractivity contribution in [2.75, 3.05) is 5.73 Å². The first kappa shape index (κ1) is 15.1. The van der Waals surface area contributed by atoms with E-state index in [1.807, 2.05) is 0 Å². The third-order valence-electron chi connectivity index (χ3n) is 2.28. The molecule has 0 aliphatic heterocycles. The van der Waals surface area contributed by atoms with Crippen molar-refractivity contribution >= 4 is 5.69 Å². The highest BCUT2D eigenvalue weighted by Gasteiger charge is 2.31. The van der Waals surface area contributed by atoms with Gasteiger partial charge in [-0.2, -0.15) is 5.26 Å². The first-order valence-electron chi connectivity index (χ1n) is 5.13. The second-order valence-electron chi connectivity index (χ2n) is 3.71. The normalized spacial score (nSPS) is 14.5. The van der Waals surface area contributed by atoms with Crippen molar-refractivity contribution in [2.24, 2.45) is 0 Å². The summed E-state index contributed by atoms with van der Waals surface area (Å²) >= 11 is 0. The van der Waals surface area contributed by atoms with Gasteiger partial charge < -0.3 is 20.7 Å². The summed E-state index contributed by atoms with van der Waals surface area (Å²) in [5.74, 6) is -0.532. The number of ether oxygens (including phenoxy) is 1. The average molecular weight is 276 g/mol. The van der Waals surface area contributed by atoms with Gasteiger partial charge in [-0.05, 0) is 6.07 Å². The standard InChI is InChI=1S/C11H11F3N2O3/c12-11(13,14)19-6-1-2-7(8(16)5-6)10(18)9(17)3-4-15/h1-2,5,9-10,17-18H,3,16H2. The van der Waals surface area contributed by atoms with Gasteiger partial charge in [-0.15, -0.1) is 13.2 Å². The molecule has 0 radical (unpaired) electrons. The molecule has 1 rings (SSSR count). The third kappa shape index (κ3) is 4.31. The molecule has 0 aromatic heterocycles. The molecule has 1 aromatic carbocycles. The number of halogens is 3. The van der Waals surface area contributed by atoms with E-state index < -0.39 is 24.3 Å². The number of nitrogens with zero attached hydrogens (tertiary/aromatic N) is 1. The van der Waals surface area contributed by atoms with Crippen LogP contribution in [0.1, 0.15) is 18.1 Å². The van der Waals surface area contributed by atoms with Crippen molar-refractivity contribution in [1.29, 1.82) is 5.26 Å². The van der Waals surface area contributed by atoms with E-state index >= 15 is 0 Å². The summed E-state index contributed by atoms with van der Waals surface area (Å²) in [4.78, 5) is 0. The number of nitrogen functional groups attached to an aromatic ring is 1. The molecule has 5 nitrogen and oxygen atoms in total. The summed E-state index contributed by atoms with van der Waals surface area (Å²) in [7, 11) is 0. The van der Waals surface area contributed by atoms with E-state index in [2.05, 4.69) is 4.74 Å². The Balaban J connectivity index is 2.92. The Kier molecular flexibility index (Phi) is 4.58. The van der Waals surface area contributed by atoms with Crippen molar-refractivity contribution < 1.29 is 28.1 Å². The molecule has 0 bridgehead atoms. The quantitative estimate of drug-likeness (QED) is 0.723. The maximum Gasteiger partial charge on any atom is 0.573 e. The number of nitrogens with two attached hydrogens (primary N) is 1. The van der Waals surface area contributed by atoms with Crippen LogP contribution < -0.4 is 10.5 Å². The lowest BCUT2D eigenvalue weighted by Crippen LogP contribution is -2.20. The topological polar surface area (TPSA) is 99.5 Å². The molecule has 0 saturated carbocycles. The van der Waals surface area contributed by atoms with Crippen LogP contribution in [0.15, 0.2) is 18.2 Å². The van der Waals surface area contributed by atoms with Gasteiger partial charge in [-0.25, -0.2) is 0 Å². The van der Waals surface area contributed by atoms with Crippen LogP contribution >= 0.6 is 0 Å². The zero-order chi connectivity index (χ0) is 14.6. The Labute approximate surface area is 106 Å². The highest BCUT2D eigenvalue weighted by Crippen LogP contribution is 2.30. The van der Waals surface area contributed by atoms with Gasteiger partial charge >= 0.3 is 6.36 Å². The molecule has 0 heterocycles. The van der Waals surface area contributed by atoms with Crippen LogP contribution in [-0.4, -0.2) is 22.7 Å². The molecule has 0 saturated heterocycles. The minimum Gasteiger partial charge on any atom is -0.406 e. The van der Waals surface area contributed by atoms with Gasteiger partial charge in [0.25, 0.3) is 0 Å². The number of nitriles is 1. The van der Waals surface area contributed by atoms with E-state index in [1.165, 1.54) is 0 Å². The maximum atomic E-state index is 12.0. The molecule has 8 heteroatoms. The van der Waals surface area contributed by atoms with Gasteiger partial charge in [-0.1, -0.05) is 6.07 Å². The highest BCUT2D eigenvalue weighted by molar-refractivity contribution is 5.52. The molecule has 0 fully saturated rings. The minimum atomic E-state index is -4.84. The number of hydrogen-bond donors (Lipinski definition) is 3. The molecule has 0 aliphatic rings. The highest BCUT2D eigenvalue weighted by atomic mass is 19.4. The molecule has 0 spiro atoms. The SMILES string of the molecule is N#CCC(O)C(O)c1ccc(OC(F)(F)F)cc1N. The Bertz CT molecular complexity index is 485. The molecule has 0 aliphatic carbocycles. The van der Waals surface area contributed by atoms with Crippen LogP contribution in [0, 0.1) is 11.3 Å². The predicted molar refractivity (Wildman–Crippen MR) is 58.7 cm³/mol. The Hall–Kier alpha value is -1.98. The van der Waals surface area contributed by atoms with Crippen molar-refractivity contribution in [3.05, 3.63) is 23.8 Å². The molecular weight excluding hydrogens is 265 g/mol. The van der Waals surface area contributed by atoms with Crippen molar-refractivity contribution in [3.63, 3.8) is 0 Å². The minimum absolute atomic E-state index is 0.0253. The maximum absolute atomic E-state index is 12.0. The number of aliphatic hydroxyl groups is 2. The van der Waals surface area contributed by atoms with E-state index in [1.54, 1.807) is 6.07 Å². The number of aliphatic hydroxyl groups excluding tert-OH is 2. The first-order valence-corrected chi connectivity index (χ1v) is 5.13. The Morgan fingerprint density at radius 1 is 1.37 bits per heavy atom. The van der Waals surface area contributed by atoms with Gasteiger partial charge in [0.2, 0.25) is 0 Å². The first-order chi connectivity index (χ1) is 8.74. The summed E-state index contributed by atoms with van der Waals surface area (Å²) in [6.45, 7) is 0. The molecule has 4 N–H and O–H groups in total. The monoisotopic (exact) mass is 276 g/mol. The van der Waals surface area contributed by atoms with Gasteiger partial charge in [-0.3, -0.25) is 0 Å². The second kappa shape index (κ2) is 5.77. The van der Waals surface area contributed by atoms with Crippen LogP contribution in [0.3, 0.4) is 0 Å². The largest absolute Gasteiger partial charge is 0.573 e. The van der Waals surface area contributed by atoms with E-state index in [-0.39, 0.29) is 17.7 Å². The fourth-order valence-electron chi connectivity index (χ4n) is 1.43. The van der Waals surface area contributed by atoms with E-state index in [4.69, 9.17) is 11.0 Å². The average Bonchev–Trinajstić information content (AvgIpc) is 2.26. The van der Waals surface area contributed by atoms with Crippen LogP contribution in [0.25, 0.3) is 0 Å². The van der Waals surface area contributed by atoms with Crippen LogP contribution in [0.5, 0.6) is 5.75 Å². The fraction of sp³-hybridized carbons (Fsp3) is 0.364. The van der Waals surface area contributed by atoms with Crippen molar-refractivity contribution in [2.45, 2.75) is 25.0 Å². The summed E-state index contributed by atoms with van der Waals surface area (Å²) in [6.07, 6.45) is -8.00. The van der Waals surface area contributed by atoms with Crippen molar-refractivity contribution in [1.82, 2.24) is 0 Å². The lowest BCUT2D eigenvalue weighted by Gasteiger charge is -2.18. The smallest absolute Gasteiger partial charge is 0.406 e. The van der Waals surface area contributed by atoms with Gasteiger partial charge in [0.15, 0.2) is 0 Å². The van der Waals surface area contributed by atoms with Gasteiger partial charge in [0.1, 0.15) is 11.9 Å². The number of rotatable bonds is 4. The molecule has 2 atom stereocenters. The molecule has 104 valence electrons. The number of hydrogen-bond acceptors (Lipinski definition) is 5. The van der Waals surface area contributed by atoms with E-state index in [0.717, 1.165) is 18.2 Å². The zero-order valence-corrected chi connectivity index (χ0v) is 9.55. The van der Waals surface area contributed by atoms with Crippen molar-refractivity contribution in [3.8, 4) is 11.8 Å². The summed E-state index contributed by atoms with van der Waals surface area (Å²) in [6, 6.07) is 4.59. The molecule has 1 aromatic rings. The van der Waals surface area contributed by atoms with Gasteiger partial charge in [0, 0.05) is 17.3 Å². The number of alkyl halides is 3. The van der Waals surface area contributed by atoms with Gasteiger partial charge in [0.05, 0.1) is 18.6 Å². The zero-order valence-electron chi connectivity index (χ0n) is 9.55. The molecule has 19 heavy (non-hydrogen) atoms. The lowest BCUT2D eigenvalue weighted by molar-refractivity contribution is -0.274. The molecule has 2 unspecified atom stereocenters. The number of anilines is 1. The van der Waals surface area contributed by atoms with E-state index in [0.29, 0.717) is 0 Å².